The average molecular weight is 371 g/mol. The van der Waals surface area contributed by atoms with Gasteiger partial charge in [0.15, 0.2) is 5.76 Å². The van der Waals surface area contributed by atoms with Gasteiger partial charge in [-0.3, -0.25) is 9.59 Å². The van der Waals surface area contributed by atoms with Crippen LogP contribution in [0.15, 0.2) is 46.3 Å². The number of ether oxygens (including phenoxy) is 1. The van der Waals surface area contributed by atoms with E-state index in [9.17, 15) is 9.59 Å². The number of carbonyl (C=O) groups excluding carboxylic acids is 2. The second-order valence-electron chi connectivity index (χ2n) is 5.48. The number of nitrogens with zero attached hydrogens (tertiary/aromatic N) is 1. The Morgan fingerprint density at radius 3 is 2.77 bits per heavy atom. The Kier molecular flexibility index (Phi) is 5.33. The Morgan fingerprint density at radius 1 is 1.23 bits per heavy atom. The number of nitrogens with one attached hydrogen (secondary N) is 2. The molecule has 0 saturated heterocycles. The van der Waals surface area contributed by atoms with Crippen molar-refractivity contribution in [3.63, 3.8) is 0 Å². The maximum atomic E-state index is 12.3. The van der Waals surface area contributed by atoms with Gasteiger partial charge in [-0.15, -0.1) is 11.3 Å². The van der Waals surface area contributed by atoms with Crippen molar-refractivity contribution in [3.8, 4) is 16.4 Å². The van der Waals surface area contributed by atoms with E-state index >= 15 is 0 Å². The minimum atomic E-state index is -0.269. The third-order valence-electron chi connectivity index (χ3n) is 3.46. The third-order valence-corrected chi connectivity index (χ3v) is 4.34. The standard InChI is InChI=1S/C18H17N3O4S/c1-11(22)19-12-5-6-15(24-2)14(8-12)20-18(23)10-13-9-16(25-21-13)17-4-3-7-26-17/h3-9H,10H2,1-2H3,(H,19,22)(H,20,23). The Bertz CT molecular complexity index is 918. The maximum absolute atomic E-state index is 12.3. The lowest BCUT2D eigenvalue weighted by Gasteiger charge is -2.12. The Hall–Kier alpha value is -3.13. The van der Waals surface area contributed by atoms with Crippen LogP contribution >= 0.6 is 11.3 Å². The van der Waals surface area contributed by atoms with Gasteiger partial charge in [-0.1, -0.05) is 11.2 Å². The Balaban J connectivity index is 1.70. The molecule has 2 aromatic heterocycles. The summed E-state index contributed by atoms with van der Waals surface area (Å²) >= 11 is 1.54. The SMILES string of the molecule is COc1ccc(NC(C)=O)cc1NC(=O)Cc1cc(-c2cccs2)on1. The number of rotatable bonds is 6. The molecule has 2 amide bonds. The fourth-order valence-electron chi connectivity index (χ4n) is 2.38. The van der Waals surface area contributed by atoms with Gasteiger partial charge in [0.05, 0.1) is 29.8 Å². The van der Waals surface area contributed by atoms with Gasteiger partial charge in [0, 0.05) is 18.7 Å². The number of carbonyl (C=O) groups is 2. The van der Waals surface area contributed by atoms with E-state index in [1.54, 1.807) is 24.3 Å². The number of methoxy groups -OCH3 is 1. The highest BCUT2D eigenvalue weighted by Gasteiger charge is 2.14. The normalized spacial score (nSPS) is 10.4. The second kappa shape index (κ2) is 7.83. The number of anilines is 2. The first-order valence-corrected chi connectivity index (χ1v) is 8.68. The summed E-state index contributed by atoms with van der Waals surface area (Å²) in [6.45, 7) is 1.41. The van der Waals surface area contributed by atoms with Crippen LogP contribution < -0.4 is 15.4 Å². The number of hydrogen-bond donors (Lipinski definition) is 2. The van der Waals surface area contributed by atoms with Crippen LogP contribution in [-0.2, 0) is 16.0 Å². The van der Waals surface area contributed by atoms with Gasteiger partial charge in [0.25, 0.3) is 0 Å². The summed E-state index contributed by atoms with van der Waals surface area (Å²) in [6, 6.07) is 10.6. The maximum Gasteiger partial charge on any atom is 0.230 e. The minimum Gasteiger partial charge on any atom is -0.495 e. The van der Waals surface area contributed by atoms with Gasteiger partial charge in [-0.25, -0.2) is 0 Å². The van der Waals surface area contributed by atoms with Crippen molar-refractivity contribution < 1.29 is 18.8 Å². The summed E-state index contributed by atoms with van der Waals surface area (Å²) in [4.78, 5) is 24.5. The fraction of sp³-hybridized carbons (Fsp3) is 0.167. The lowest BCUT2D eigenvalue weighted by atomic mass is 10.2. The highest BCUT2D eigenvalue weighted by molar-refractivity contribution is 7.13. The largest absolute Gasteiger partial charge is 0.495 e. The molecule has 3 aromatic rings. The first-order chi connectivity index (χ1) is 12.5. The summed E-state index contributed by atoms with van der Waals surface area (Å²) in [6.07, 6.45) is 0.0579. The van der Waals surface area contributed by atoms with Crippen LogP contribution in [0.3, 0.4) is 0 Å². The molecule has 0 atom stereocenters. The van der Waals surface area contributed by atoms with Crippen LogP contribution in [-0.4, -0.2) is 24.1 Å². The second-order valence-corrected chi connectivity index (χ2v) is 6.43. The van der Waals surface area contributed by atoms with Crippen LogP contribution in [0.4, 0.5) is 11.4 Å². The third kappa shape index (κ3) is 4.28. The molecule has 0 aliphatic heterocycles. The van der Waals surface area contributed by atoms with E-state index < -0.39 is 0 Å². The van der Waals surface area contributed by atoms with Crippen LogP contribution in [0, 0.1) is 0 Å². The van der Waals surface area contributed by atoms with Crippen molar-refractivity contribution >= 4 is 34.5 Å². The minimum absolute atomic E-state index is 0.0579. The zero-order chi connectivity index (χ0) is 18.5. The number of benzene rings is 1. The summed E-state index contributed by atoms with van der Waals surface area (Å²) < 4.78 is 10.5. The molecule has 8 heteroatoms. The van der Waals surface area contributed by atoms with E-state index in [0.717, 1.165) is 4.88 Å². The molecule has 2 heterocycles. The number of amides is 2. The van der Waals surface area contributed by atoms with Gasteiger partial charge >= 0.3 is 0 Å². The van der Waals surface area contributed by atoms with Gasteiger partial charge in [-0.05, 0) is 29.6 Å². The quantitative estimate of drug-likeness (QED) is 0.691. The van der Waals surface area contributed by atoms with E-state index in [4.69, 9.17) is 9.26 Å². The lowest BCUT2D eigenvalue weighted by molar-refractivity contribution is -0.116. The van der Waals surface area contributed by atoms with Crippen molar-refractivity contribution in [1.29, 1.82) is 0 Å². The van der Waals surface area contributed by atoms with Crippen molar-refractivity contribution in [1.82, 2.24) is 5.16 Å². The number of aromatic nitrogens is 1. The van der Waals surface area contributed by atoms with Crippen LogP contribution in [0.1, 0.15) is 12.6 Å². The molecule has 134 valence electrons. The summed E-state index contributed by atoms with van der Waals surface area (Å²) in [5, 5.41) is 11.3. The van der Waals surface area contributed by atoms with Gasteiger partial charge in [-0.2, -0.15) is 0 Å². The molecule has 0 spiro atoms. The van der Waals surface area contributed by atoms with Crippen LogP contribution in [0.25, 0.3) is 10.6 Å². The molecule has 2 N–H and O–H groups in total. The molecule has 0 saturated carbocycles. The Labute approximate surface area is 154 Å². The first kappa shape index (κ1) is 17.7. The number of hydrogen-bond acceptors (Lipinski definition) is 6. The predicted octanol–water partition coefficient (Wildman–Crippen LogP) is 3.55. The number of thiophene rings is 1. The van der Waals surface area contributed by atoms with Gasteiger partial charge < -0.3 is 19.9 Å². The van der Waals surface area contributed by atoms with E-state index in [1.807, 2.05) is 17.5 Å². The molecular formula is C18H17N3O4S. The highest BCUT2D eigenvalue weighted by atomic mass is 32.1. The monoisotopic (exact) mass is 371 g/mol. The van der Waals surface area contributed by atoms with E-state index in [0.29, 0.717) is 28.6 Å². The lowest BCUT2D eigenvalue weighted by Crippen LogP contribution is -2.15. The molecular weight excluding hydrogens is 354 g/mol. The van der Waals surface area contributed by atoms with Crippen molar-refractivity contribution in [2.75, 3.05) is 17.7 Å². The zero-order valence-electron chi connectivity index (χ0n) is 14.2. The van der Waals surface area contributed by atoms with Gasteiger partial charge in [0.1, 0.15) is 5.75 Å². The zero-order valence-corrected chi connectivity index (χ0v) is 15.1. The molecule has 7 nitrogen and oxygen atoms in total. The molecule has 0 fully saturated rings. The highest BCUT2D eigenvalue weighted by Crippen LogP contribution is 2.28. The van der Waals surface area contributed by atoms with E-state index in [-0.39, 0.29) is 18.2 Å². The van der Waals surface area contributed by atoms with Crippen LogP contribution in [0.2, 0.25) is 0 Å². The first-order valence-electron chi connectivity index (χ1n) is 7.80. The average Bonchev–Trinajstić information content (AvgIpc) is 3.25. The summed E-state index contributed by atoms with van der Waals surface area (Å²) in [7, 11) is 1.51. The molecule has 0 aliphatic carbocycles. The van der Waals surface area contributed by atoms with Gasteiger partial charge in [0.2, 0.25) is 11.8 Å². The summed E-state index contributed by atoms with van der Waals surface area (Å²) in [5.74, 6) is 0.658. The summed E-state index contributed by atoms with van der Waals surface area (Å²) in [5.41, 5.74) is 1.56. The fourth-order valence-corrected chi connectivity index (χ4v) is 3.05. The van der Waals surface area contributed by atoms with Crippen molar-refractivity contribution in [3.05, 3.63) is 47.5 Å². The predicted molar refractivity (Wildman–Crippen MR) is 99.4 cm³/mol. The molecule has 1 aromatic carbocycles. The molecule has 3 rings (SSSR count). The van der Waals surface area contributed by atoms with Crippen LogP contribution in [0.5, 0.6) is 5.75 Å². The molecule has 26 heavy (non-hydrogen) atoms. The molecule has 0 unspecified atom stereocenters. The smallest absolute Gasteiger partial charge is 0.230 e. The van der Waals surface area contributed by atoms with Crippen molar-refractivity contribution in [2.45, 2.75) is 13.3 Å². The van der Waals surface area contributed by atoms with E-state index in [2.05, 4.69) is 15.8 Å². The van der Waals surface area contributed by atoms with Crippen molar-refractivity contribution in [2.24, 2.45) is 0 Å². The molecule has 0 radical (unpaired) electrons. The Morgan fingerprint density at radius 2 is 2.08 bits per heavy atom. The molecule has 0 bridgehead atoms. The topological polar surface area (TPSA) is 93.5 Å². The van der Waals surface area contributed by atoms with E-state index in [1.165, 1.54) is 25.4 Å². The molecule has 0 aliphatic rings.